The van der Waals surface area contributed by atoms with Crippen LogP contribution in [0.25, 0.3) is 6.08 Å². The first-order valence-electron chi connectivity index (χ1n) is 7.27. The van der Waals surface area contributed by atoms with Gasteiger partial charge >= 0.3 is 0 Å². The van der Waals surface area contributed by atoms with Gasteiger partial charge in [0.2, 0.25) is 5.91 Å². The minimum Gasteiger partial charge on any atom is -0.341 e. The van der Waals surface area contributed by atoms with Crippen LogP contribution in [0.15, 0.2) is 30.3 Å². The fourth-order valence-electron chi connectivity index (χ4n) is 2.39. The second-order valence-corrected chi connectivity index (χ2v) is 5.24. The molecular weight excluding hydrogens is 283 g/mol. The van der Waals surface area contributed by atoms with Gasteiger partial charge in [-0.3, -0.25) is 9.59 Å². The number of halogens is 1. The van der Waals surface area contributed by atoms with Crippen LogP contribution in [0, 0.1) is 23.1 Å². The number of piperidine rings is 1. The van der Waals surface area contributed by atoms with Gasteiger partial charge in [-0.1, -0.05) is 18.2 Å². The summed E-state index contributed by atoms with van der Waals surface area (Å²) in [6.45, 7) is 1.21. The fourth-order valence-corrected chi connectivity index (χ4v) is 2.39. The third-order valence-corrected chi connectivity index (χ3v) is 3.64. The molecule has 0 radical (unpaired) electrons. The van der Waals surface area contributed by atoms with Gasteiger partial charge in [0.1, 0.15) is 5.82 Å². The number of hydrogen-bond acceptors (Lipinski definition) is 3. The molecule has 1 saturated heterocycles. The standard InChI is InChI=1S/C17H17FN2O2/c18-14-7-4-13(5-8-14)6-9-16(21)15(12-19)17(22)20-10-2-1-3-11-20/h4-9,15H,1-3,10-11H2/b9-6-/t15-/m0/s1. The van der Waals surface area contributed by atoms with E-state index in [4.69, 9.17) is 5.26 Å². The average Bonchev–Trinajstić information content (AvgIpc) is 2.55. The van der Waals surface area contributed by atoms with Gasteiger partial charge in [0, 0.05) is 13.1 Å². The highest BCUT2D eigenvalue weighted by atomic mass is 19.1. The summed E-state index contributed by atoms with van der Waals surface area (Å²) in [4.78, 5) is 25.9. The Morgan fingerprint density at radius 2 is 1.82 bits per heavy atom. The molecule has 1 atom stereocenters. The Balaban J connectivity index is 2.03. The van der Waals surface area contributed by atoms with E-state index in [1.807, 2.05) is 0 Å². The van der Waals surface area contributed by atoms with Gasteiger partial charge in [0.25, 0.3) is 0 Å². The lowest BCUT2D eigenvalue weighted by Gasteiger charge is -2.27. The summed E-state index contributed by atoms with van der Waals surface area (Å²) in [5.41, 5.74) is 0.636. The summed E-state index contributed by atoms with van der Waals surface area (Å²) in [7, 11) is 0. The molecule has 22 heavy (non-hydrogen) atoms. The minimum absolute atomic E-state index is 0.362. The predicted octanol–water partition coefficient (Wildman–Crippen LogP) is 2.56. The Labute approximate surface area is 128 Å². The third-order valence-electron chi connectivity index (χ3n) is 3.64. The molecule has 0 aliphatic carbocycles. The summed E-state index contributed by atoms with van der Waals surface area (Å²) in [6, 6.07) is 7.40. The van der Waals surface area contributed by atoms with Crippen molar-refractivity contribution in [2.75, 3.05) is 13.1 Å². The van der Waals surface area contributed by atoms with Crippen LogP contribution in [0.3, 0.4) is 0 Å². The predicted molar refractivity (Wildman–Crippen MR) is 80.0 cm³/mol. The van der Waals surface area contributed by atoms with Crippen molar-refractivity contribution in [2.45, 2.75) is 19.3 Å². The molecule has 1 amide bonds. The minimum atomic E-state index is -1.30. The molecule has 1 aromatic rings. The van der Waals surface area contributed by atoms with Crippen LogP contribution in [0.5, 0.6) is 0 Å². The van der Waals surface area contributed by atoms with E-state index >= 15 is 0 Å². The normalized spacial score (nSPS) is 16.3. The number of benzene rings is 1. The zero-order valence-electron chi connectivity index (χ0n) is 12.2. The van der Waals surface area contributed by atoms with Gasteiger partial charge in [-0.05, 0) is 43.0 Å². The number of amides is 1. The van der Waals surface area contributed by atoms with Crippen LogP contribution >= 0.6 is 0 Å². The second-order valence-electron chi connectivity index (χ2n) is 5.24. The molecule has 4 nitrogen and oxygen atoms in total. The van der Waals surface area contributed by atoms with Gasteiger partial charge in [-0.15, -0.1) is 0 Å². The smallest absolute Gasteiger partial charge is 0.247 e. The van der Waals surface area contributed by atoms with Crippen LogP contribution in [0.2, 0.25) is 0 Å². The zero-order valence-corrected chi connectivity index (χ0v) is 12.2. The highest BCUT2D eigenvalue weighted by molar-refractivity contribution is 6.10. The van der Waals surface area contributed by atoms with Gasteiger partial charge in [-0.2, -0.15) is 5.26 Å². The maximum absolute atomic E-state index is 12.8. The Hall–Kier alpha value is -2.48. The highest BCUT2D eigenvalue weighted by Gasteiger charge is 2.29. The lowest BCUT2D eigenvalue weighted by molar-refractivity contribution is -0.138. The van der Waals surface area contributed by atoms with Crippen molar-refractivity contribution in [1.82, 2.24) is 4.90 Å². The summed E-state index contributed by atoms with van der Waals surface area (Å²) in [5.74, 6) is -2.62. The van der Waals surface area contributed by atoms with Gasteiger partial charge in [-0.25, -0.2) is 4.39 Å². The van der Waals surface area contributed by atoms with Crippen LogP contribution in [0.4, 0.5) is 4.39 Å². The van der Waals surface area contributed by atoms with Crippen molar-refractivity contribution in [1.29, 1.82) is 5.26 Å². The third kappa shape index (κ3) is 4.01. The first-order chi connectivity index (χ1) is 10.6. The molecule has 0 N–H and O–H groups in total. The van der Waals surface area contributed by atoms with Crippen LogP contribution in [-0.4, -0.2) is 29.7 Å². The van der Waals surface area contributed by atoms with Crippen molar-refractivity contribution in [3.63, 3.8) is 0 Å². The molecule has 0 spiro atoms. The van der Waals surface area contributed by atoms with Gasteiger partial charge < -0.3 is 4.90 Å². The number of rotatable bonds is 4. The van der Waals surface area contributed by atoms with E-state index in [1.54, 1.807) is 11.0 Å². The number of nitrogens with zero attached hydrogens (tertiary/aromatic N) is 2. The average molecular weight is 300 g/mol. The molecular formula is C17H17FN2O2. The van der Waals surface area contributed by atoms with Crippen LogP contribution < -0.4 is 0 Å². The fraction of sp³-hybridized carbons (Fsp3) is 0.353. The first kappa shape index (κ1) is 15.9. The molecule has 1 fully saturated rings. The van der Waals surface area contributed by atoms with Crippen molar-refractivity contribution in [3.8, 4) is 6.07 Å². The quantitative estimate of drug-likeness (QED) is 0.634. The lowest BCUT2D eigenvalue weighted by atomic mass is 10.0. The van der Waals surface area contributed by atoms with E-state index in [-0.39, 0.29) is 5.82 Å². The van der Waals surface area contributed by atoms with Crippen LogP contribution in [0.1, 0.15) is 24.8 Å². The maximum atomic E-state index is 12.8. The summed E-state index contributed by atoms with van der Waals surface area (Å²) in [5, 5.41) is 9.13. The summed E-state index contributed by atoms with van der Waals surface area (Å²) < 4.78 is 12.8. The molecule has 1 aliphatic rings. The number of allylic oxidation sites excluding steroid dienone is 1. The maximum Gasteiger partial charge on any atom is 0.247 e. The van der Waals surface area contributed by atoms with E-state index in [2.05, 4.69) is 0 Å². The van der Waals surface area contributed by atoms with Gasteiger partial charge in [0.05, 0.1) is 6.07 Å². The summed E-state index contributed by atoms with van der Waals surface area (Å²) in [6.07, 6.45) is 5.57. The monoisotopic (exact) mass is 300 g/mol. The van der Waals surface area contributed by atoms with E-state index < -0.39 is 17.6 Å². The van der Waals surface area contributed by atoms with E-state index in [0.29, 0.717) is 18.7 Å². The molecule has 5 heteroatoms. The molecule has 0 saturated carbocycles. The molecule has 0 unspecified atom stereocenters. The Morgan fingerprint density at radius 1 is 1.18 bits per heavy atom. The molecule has 2 rings (SSSR count). The Kier molecular flexibility index (Phi) is 5.42. The molecule has 1 aromatic carbocycles. The number of ketones is 1. The number of hydrogen-bond donors (Lipinski definition) is 0. The van der Waals surface area contributed by atoms with Crippen molar-refractivity contribution >= 4 is 17.8 Å². The molecule has 0 bridgehead atoms. The largest absolute Gasteiger partial charge is 0.341 e. The topological polar surface area (TPSA) is 61.2 Å². The van der Waals surface area contributed by atoms with E-state index in [9.17, 15) is 14.0 Å². The van der Waals surface area contributed by atoms with E-state index in [0.717, 1.165) is 19.3 Å². The highest BCUT2D eigenvalue weighted by Crippen LogP contribution is 2.14. The number of carbonyl (C=O) groups is 2. The number of carbonyl (C=O) groups excluding carboxylic acids is 2. The van der Waals surface area contributed by atoms with E-state index in [1.165, 1.54) is 36.4 Å². The van der Waals surface area contributed by atoms with Crippen molar-refractivity contribution in [2.24, 2.45) is 5.92 Å². The summed E-state index contributed by atoms with van der Waals surface area (Å²) >= 11 is 0. The lowest BCUT2D eigenvalue weighted by Crippen LogP contribution is -2.41. The Bertz CT molecular complexity index is 611. The van der Waals surface area contributed by atoms with Gasteiger partial charge in [0.15, 0.2) is 11.7 Å². The molecule has 1 heterocycles. The number of nitriles is 1. The molecule has 114 valence electrons. The van der Waals surface area contributed by atoms with Crippen molar-refractivity contribution in [3.05, 3.63) is 41.7 Å². The van der Waals surface area contributed by atoms with Crippen molar-refractivity contribution < 1.29 is 14.0 Å². The zero-order chi connectivity index (χ0) is 15.9. The second kappa shape index (κ2) is 7.51. The molecule has 1 aliphatic heterocycles. The number of likely N-dealkylation sites (tertiary alicyclic amines) is 1. The Morgan fingerprint density at radius 3 is 2.41 bits per heavy atom. The molecule has 0 aromatic heterocycles. The first-order valence-corrected chi connectivity index (χ1v) is 7.27. The SMILES string of the molecule is N#C[C@@H](C(=O)/C=C\c1ccc(F)cc1)C(=O)N1CCCCC1. The van der Waals surface area contributed by atoms with Crippen LogP contribution in [-0.2, 0) is 9.59 Å².